The van der Waals surface area contributed by atoms with Crippen LogP contribution >= 0.6 is 15.9 Å². The predicted octanol–water partition coefficient (Wildman–Crippen LogP) is 4.35. The molecule has 19 heavy (non-hydrogen) atoms. The number of hydrogen-bond acceptors (Lipinski definition) is 2. The minimum Gasteiger partial charge on any atom is -0.369 e. The molecule has 0 radical (unpaired) electrons. The van der Waals surface area contributed by atoms with E-state index in [1.54, 1.807) is 0 Å². The molecule has 1 fully saturated rings. The van der Waals surface area contributed by atoms with Crippen molar-refractivity contribution in [3.05, 3.63) is 28.2 Å². The van der Waals surface area contributed by atoms with Gasteiger partial charge in [-0.05, 0) is 64.3 Å². The predicted molar refractivity (Wildman–Crippen MR) is 86.8 cm³/mol. The first kappa shape index (κ1) is 14.9. The minimum atomic E-state index is 0.374. The van der Waals surface area contributed by atoms with Crippen molar-refractivity contribution >= 4 is 21.6 Å². The molecule has 0 amide bonds. The SMILES string of the molecule is CNC(C)c1ccc(N(CC2CC2)C(C)C)cc1Br. The standard InChI is InChI=1S/C16H25BrN2/c1-11(2)19(10-13-5-6-13)14-7-8-15(12(3)18-4)16(17)9-14/h7-9,11-13,18H,5-6,10H2,1-4H3. The van der Waals surface area contributed by atoms with Gasteiger partial charge in [0.05, 0.1) is 0 Å². The van der Waals surface area contributed by atoms with Crippen LogP contribution in [0, 0.1) is 5.92 Å². The molecule has 1 N–H and O–H groups in total. The topological polar surface area (TPSA) is 15.3 Å². The molecule has 3 heteroatoms. The molecule has 0 spiro atoms. The van der Waals surface area contributed by atoms with Crippen LogP contribution in [-0.4, -0.2) is 19.6 Å². The van der Waals surface area contributed by atoms with E-state index < -0.39 is 0 Å². The summed E-state index contributed by atoms with van der Waals surface area (Å²) in [5.74, 6) is 0.914. The lowest BCUT2D eigenvalue weighted by Gasteiger charge is -2.30. The Labute approximate surface area is 125 Å². The lowest BCUT2D eigenvalue weighted by Crippen LogP contribution is -2.32. The van der Waals surface area contributed by atoms with E-state index in [0.29, 0.717) is 12.1 Å². The van der Waals surface area contributed by atoms with Crippen molar-refractivity contribution in [2.24, 2.45) is 5.92 Å². The van der Waals surface area contributed by atoms with E-state index in [4.69, 9.17) is 0 Å². The van der Waals surface area contributed by atoms with Gasteiger partial charge in [-0.3, -0.25) is 0 Å². The Morgan fingerprint density at radius 3 is 2.47 bits per heavy atom. The smallest absolute Gasteiger partial charge is 0.0380 e. The van der Waals surface area contributed by atoms with Crippen molar-refractivity contribution < 1.29 is 0 Å². The maximum absolute atomic E-state index is 3.72. The molecule has 1 aliphatic carbocycles. The fourth-order valence-corrected chi connectivity index (χ4v) is 3.10. The minimum absolute atomic E-state index is 0.374. The summed E-state index contributed by atoms with van der Waals surface area (Å²) in [5.41, 5.74) is 2.65. The zero-order chi connectivity index (χ0) is 14.0. The highest BCUT2D eigenvalue weighted by atomic mass is 79.9. The second-order valence-electron chi connectivity index (χ2n) is 5.91. The summed E-state index contributed by atoms with van der Waals surface area (Å²) in [6.07, 6.45) is 2.80. The fourth-order valence-electron chi connectivity index (χ4n) is 2.39. The summed E-state index contributed by atoms with van der Waals surface area (Å²) in [7, 11) is 2.00. The maximum Gasteiger partial charge on any atom is 0.0380 e. The molecule has 0 aromatic heterocycles. The average Bonchev–Trinajstić information content (AvgIpc) is 3.18. The quantitative estimate of drug-likeness (QED) is 0.836. The molecule has 1 atom stereocenters. The normalized spacial score (nSPS) is 16.7. The van der Waals surface area contributed by atoms with Gasteiger partial charge in [0.1, 0.15) is 0 Å². The second kappa shape index (κ2) is 6.27. The highest BCUT2D eigenvalue weighted by Crippen LogP contribution is 2.34. The third-order valence-corrected chi connectivity index (χ3v) is 4.68. The molecule has 2 nitrogen and oxygen atoms in total. The van der Waals surface area contributed by atoms with Crippen molar-refractivity contribution in [1.82, 2.24) is 5.32 Å². The van der Waals surface area contributed by atoms with Gasteiger partial charge in [0.2, 0.25) is 0 Å². The molecule has 1 aliphatic rings. The van der Waals surface area contributed by atoms with Crippen molar-refractivity contribution in [3.8, 4) is 0 Å². The summed E-state index contributed by atoms with van der Waals surface area (Å²) in [5, 5.41) is 3.29. The number of hydrogen-bond donors (Lipinski definition) is 1. The first-order valence-electron chi connectivity index (χ1n) is 7.26. The Balaban J connectivity index is 2.20. The van der Waals surface area contributed by atoms with Crippen molar-refractivity contribution in [3.63, 3.8) is 0 Å². The van der Waals surface area contributed by atoms with Crippen molar-refractivity contribution in [2.75, 3.05) is 18.5 Å². The number of nitrogens with one attached hydrogen (secondary N) is 1. The maximum atomic E-state index is 3.72. The molecule has 2 rings (SSSR count). The molecular formula is C16H25BrN2. The van der Waals surface area contributed by atoms with Gasteiger partial charge in [0.15, 0.2) is 0 Å². The summed E-state index contributed by atoms with van der Waals surface area (Å²) in [6, 6.07) is 7.70. The van der Waals surface area contributed by atoms with Crippen LogP contribution < -0.4 is 10.2 Å². The lowest BCUT2D eigenvalue weighted by molar-refractivity contribution is 0.639. The Kier molecular flexibility index (Phi) is 4.91. The molecule has 1 saturated carbocycles. The molecule has 106 valence electrons. The number of halogens is 1. The summed E-state index contributed by atoms with van der Waals surface area (Å²) in [4.78, 5) is 2.52. The number of benzene rings is 1. The Bertz CT molecular complexity index is 427. The molecule has 1 aromatic rings. The molecule has 1 unspecified atom stereocenters. The first-order chi connectivity index (χ1) is 9.02. The molecular weight excluding hydrogens is 300 g/mol. The van der Waals surface area contributed by atoms with Crippen LogP contribution in [-0.2, 0) is 0 Å². The van der Waals surface area contributed by atoms with Crippen LogP contribution in [0.1, 0.15) is 45.2 Å². The van der Waals surface area contributed by atoms with Crippen LogP contribution in [0.3, 0.4) is 0 Å². The van der Waals surface area contributed by atoms with E-state index in [9.17, 15) is 0 Å². The number of rotatable bonds is 6. The number of nitrogens with zero attached hydrogens (tertiary/aromatic N) is 1. The van der Waals surface area contributed by atoms with Gasteiger partial charge in [-0.1, -0.05) is 22.0 Å². The summed E-state index contributed by atoms with van der Waals surface area (Å²) < 4.78 is 1.20. The summed E-state index contributed by atoms with van der Waals surface area (Å²) >= 11 is 3.72. The Morgan fingerprint density at radius 1 is 1.32 bits per heavy atom. The van der Waals surface area contributed by atoms with Crippen LogP contribution in [0.15, 0.2) is 22.7 Å². The Hall–Kier alpha value is -0.540. The molecule has 0 aliphatic heterocycles. The van der Waals surface area contributed by atoms with Crippen LogP contribution in [0.25, 0.3) is 0 Å². The molecule has 0 saturated heterocycles. The van der Waals surface area contributed by atoms with Crippen molar-refractivity contribution in [2.45, 2.75) is 45.7 Å². The zero-order valence-corrected chi connectivity index (χ0v) is 14.0. The van der Waals surface area contributed by atoms with Gasteiger partial charge in [0, 0.05) is 28.8 Å². The monoisotopic (exact) mass is 324 g/mol. The molecule has 0 bridgehead atoms. The van der Waals surface area contributed by atoms with Gasteiger partial charge < -0.3 is 10.2 Å². The van der Waals surface area contributed by atoms with Gasteiger partial charge in [-0.15, -0.1) is 0 Å². The highest BCUT2D eigenvalue weighted by molar-refractivity contribution is 9.10. The van der Waals surface area contributed by atoms with Gasteiger partial charge in [-0.2, -0.15) is 0 Å². The zero-order valence-electron chi connectivity index (χ0n) is 12.4. The van der Waals surface area contributed by atoms with Crippen LogP contribution in [0.5, 0.6) is 0 Å². The van der Waals surface area contributed by atoms with Gasteiger partial charge >= 0.3 is 0 Å². The molecule has 1 aromatic carbocycles. The van der Waals surface area contributed by atoms with Gasteiger partial charge in [-0.25, -0.2) is 0 Å². The van der Waals surface area contributed by atoms with Gasteiger partial charge in [0.25, 0.3) is 0 Å². The lowest BCUT2D eigenvalue weighted by atomic mass is 10.1. The van der Waals surface area contributed by atoms with E-state index in [2.05, 4.69) is 65.1 Å². The van der Waals surface area contributed by atoms with E-state index in [0.717, 1.165) is 5.92 Å². The number of anilines is 1. The first-order valence-corrected chi connectivity index (χ1v) is 8.05. The summed E-state index contributed by atoms with van der Waals surface area (Å²) in [6.45, 7) is 7.94. The molecule has 0 heterocycles. The van der Waals surface area contributed by atoms with E-state index in [1.807, 2.05) is 7.05 Å². The van der Waals surface area contributed by atoms with Crippen LogP contribution in [0.4, 0.5) is 5.69 Å². The van der Waals surface area contributed by atoms with E-state index in [1.165, 1.54) is 35.1 Å². The van der Waals surface area contributed by atoms with E-state index in [-0.39, 0.29) is 0 Å². The highest BCUT2D eigenvalue weighted by Gasteiger charge is 2.26. The second-order valence-corrected chi connectivity index (χ2v) is 6.76. The van der Waals surface area contributed by atoms with E-state index >= 15 is 0 Å². The fraction of sp³-hybridized carbons (Fsp3) is 0.625. The average molecular weight is 325 g/mol. The third-order valence-electron chi connectivity index (χ3n) is 3.99. The van der Waals surface area contributed by atoms with Crippen LogP contribution in [0.2, 0.25) is 0 Å². The Morgan fingerprint density at radius 2 is 2.00 bits per heavy atom. The third kappa shape index (κ3) is 3.73. The largest absolute Gasteiger partial charge is 0.369 e. The van der Waals surface area contributed by atoms with Crippen molar-refractivity contribution in [1.29, 1.82) is 0 Å².